The number of aryl methyl sites for hydroxylation is 2. The van der Waals surface area contributed by atoms with Crippen molar-refractivity contribution in [3.8, 4) is 5.75 Å². The number of hydrogen-bond donors (Lipinski definition) is 1. The minimum absolute atomic E-state index is 0.244. The number of halogens is 1. The molecule has 0 amide bonds. The van der Waals surface area contributed by atoms with E-state index in [0.717, 1.165) is 12.3 Å². The van der Waals surface area contributed by atoms with Gasteiger partial charge >= 0.3 is 0 Å². The van der Waals surface area contributed by atoms with Gasteiger partial charge in [0.2, 0.25) is 10.0 Å². The Hall–Kier alpha value is -1.96. The van der Waals surface area contributed by atoms with E-state index in [1.54, 1.807) is 6.07 Å². The summed E-state index contributed by atoms with van der Waals surface area (Å²) in [4.78, 5) is 1.05. The lowest BCUT2D eigenvalue weighted by Crippen LogP contribution is -3.15. The van der Waals surface area contributed by atoms with Crippen LogP contribution in [0.3, 0.4) is 0 Å². The Bertz CT molecular complexity index is 874. The van der Waals surface area contributed by atoms with Gasteiger partial charge in [0.05, 0.1) is 26.2 Å². The molecule has 0 saturated carbocycles. The molecule has 0 radical (unpaired) electrons. The molecule has 0 bridgehead atoms. The van der Waals surface area contributed by atoms with Gasteiger partial charge in [0.15, 0.2) is 0 Å². The summed E-state index contributed by atoms with van der Waals surface area (Å²) in [5.41, 5.74) is 2.34. The largest absolute Gasteiger partial charge is 0.488 e. The van der Waals surface area contributed by atoms with Gasteiger partial charge in [0, 0.05) is 0 Å². The van der Waals surface area contributed by atoms with Gasteiger partial charge in [0.1, 0.15) is 29.6 Å². The van der Waals surface area contributed by atoms with Gasteiger partial charge < -0.3 is 9.64 Å². The molecule has 3 rings (SSSR count). The number of nitrogens with one attached hydrogen (secondary N) is 1. The molecule has 27 heavy (non-hydrogen) atoms. The molecule has 146 valence electrons. The zero-order chi connectivity index (χ0) is 19.4. The highest BCUT2D eigenvalue weighted by molar-refractivity contribution is 7.89. The van der Waals surface area contributed by atoms with E-state index in [1.807, 2.05) is 26.0 Å². The van der Waals surface area contributed by atoms with Gasteiger partial charge in [-0.25, -0.2) is 12.8 Å². The average Bonchev–Trinajstić information content (AvgIpc) is 2.61. The van der Waals surface area contributed by atoms with E-state index in [0.29, 0.717) is 32.8 Å². The maximum absolute atomic E-state index is 13.9. The van der Waals surface area contributed by atoms with Crippen molar-refractivity contribution in [3.05, 3.63) is 59.4 Å². The van der Waals surface area contributed by atoms with E-state index in [-0.39, 0.29) is 4.90 Å². The summed E-state index contributed by atoms with van der Waals surface area (Å²) >= 11 is 0. The molecule has 5 nitrogen and oxygen atoms in total. The first-order valence-electron chi connectivity index (χ1n) is 9.15. The molecular weight excluding hydrogens is 367 g/mol. The fourth-order valence-electron chi connectivity index (χ4n) is 3.42. The van der Waals surface area contributed by atoms with Gasteiger partial charge in [-0.05, 0) is 49.2 Å². The van der Waals surface area contributed by atoms with Crippen LogP contribution in [0.25, 0.3) is 0 Å². The number of rotatable bonds is 6. The summed E-state index contributed by atoms with van der Waals surface area (Å²) in [5.74, 6) is 0.168. The van der Waals surface area contributed by atoms with Crippen LogP contribution in [0.1, 0.15) is 11.1 Å². The Morgan fingerprint density at radius 2 is 1.70 bits per heavy atom. The van der Waals surface area contributed by atoms with Gasteiger partial charge in [-0.3, -0.25) is 0 Å². The molecule has 1 fully saturated rings. The zero-order valence-corrected chi connectivity index (χ0v) is 16.6. The van der Waals surface area contributed by atoms with Gasteiger partial charge in [-0.2, -0.15) is 4.31 Å². The summed E-state index contributed by atoms with van der Waals surface area (Å²) < 4.78 is 46.4. The van der Waals surface area contributed by atoms with Crippen LogP contribution in [0.15, 0.2) is 47.4 Å². The molecule has 2 aromatic carbocycles. The Balaban J connectivity index is 1.51. The van der Waals surface area contributed by atoms with Crippen molar-refractivity contribution >= 4 is 10.0 Å². The highest BCUT2D eigenvalue weighted by Gasteiger charge is 2.31. The van der Waals surface area contributed by atoms with Gasteiger partial charge in [-0.1, -0.05) is 18.2 Å². The highest BCUT2D eigenvalue weighted by atomic mass is 32.2. The molecule has 0 unspecified atom stereocenters. The number of piperazine rings is 1. The molecule has 0 aromatic heterocycles. The van der Waals surface area contributed by atoms with Crippen molar-refractivity contribution < 1.29 is 22.4 Å². The Labute approximate surface area is 160 Å². The summed E-state index contributed by atoms with van der Waals surface area (Å²) in [6, 6.07) is 11.7. The molecule has 1 N–H and O–H groups in total. The first-order chi connectivity index (χ1) is 12.9. The third-order valence-electron chi connectivity index (χ3n) is 4.80. The van der Waals surface area contributed by atoms with Crippen LogP contribution in [-0.4, -0.2) is 52.1 Å². The summed E-state index contributed by atoms with van der Waals surface area (Å²) in [5, 5.41) is 0. The first-order valence-corrected chi connectivity index (χ1v) is 10.6. The number of sulfonamides is 1. The van der Waals surface area contributed by atoms with Crippen LogP contribution in [0, 0.1) is 19.7 Å². The second kappa shape index (κ2) is 8.37. The number of quaternary nitrogens is 1. The van der Waals surface area contributed by atoms with Crippen molar-refractivity contribution in [1.29, 1.82) is 0 Å². The molecule has 0 aliphatic carbocycles. The Morgan fingerprint density at radius 3 is 2.33 bits per heavy atom. The second-order valence-corrected chi connectivity index (χ2v) is 8.91. The van der Waals surface area contributed by atoms with Crippen LogP contribution in [-0.2, 0) is 10.0 Å². The van der Waals surface area contributed by atoms with Crippen molar-refractivity contribution in [2.45, 2.75) is 18.7 Å². The van der Waals surface area contributed by atoms with Crippen LogP contribution in [0.5, 0.6) is 5.75 Å². The summed E-state index contributed by atoms with van der Waals surface area (Å²) in [6.07, 6.45) is 0. The maximum atomic E-state index is 13.9. The first kappa shape index (κ1) is 19.8. The monoisotopic (exact) mass is 393 g/mol. The van der Waals surface area contributed by atoms with E-state index in [1.165, 1.54) is 38.5 Å². The second-order valence-electron chi connectivity index (χ2n) is 7.01. The molecule has 2 aromatic rings. The van der Waals surface area contributed by atoms with Crippen LogP contribution in [0.4, 0.5) is 4.39 Å². The quantitative estimate of drug-likeness (QED) is 0.808. The fourth-order valence-corrected chi connectivity index (χ4v) is 4.92. The molecule has 1 aliphatic heterocycles. The van der Waals surface area contributed by atoms with E-state index in [4.69, 9.17) is 4.74 Å². The third-order valence-corrected chi connectivity index (χ3v) is 6.74. The predicted molar refractivity (Wildman–Crippen MR) is 102 cm³/mol. The molecule has 7 heteroatoms. The van der Waals surface area contributed by atoms with Crippen LogP contribution < -0.4 is 9.64 Å². The summed E-state index contributed by atoms with van der Waals surface area (Å²) in [7, 11) is -3.78. The molecule has 1 aliphatic rings. The molecule has 1 saturated heterocycles. The Kier molecular flexibility index (Phi) is 6.14. The molecule has 0 spiro atoms. The van der Waals surface area contributed by atoms with Crippen molar-refractivity contribution in [3.63, 3.8) is 0 Å². The molecular formula is C20H26FN2O3S+. The lowest BCUT2D eigenvalue weighted by Gasteiger charge is -2.31. The normalized spacial score (nSPS) is 16.4. The van der Waals surface area contributed by atoms with Crippen molar-refractivity contribution in [2.24, 2.45) is 0 Å². The minimum Gasteiger partial charge on any atom is -0.488 e. The van der Waals surface area contributed by atoms with E-state index in [2.05, 4.69) is 6.07 Å². The predicted octanol–water partition coefficient (Wildman–Crippen LogP) is 1.41. The van der Waals surface area contributed by atoms with Gasteiger partial charge in [0.25, 0.3) is 0 Å². The van der Waals surface area contributed by atoms with Crippen LogP contribution >= 0.6 is 0 Å². The lowest BCUT2D eigenvalue weighted by molar-refractivity contribution is -0.903. The standard InChI is InChI=1S/C20H25FN2O3S/c1-16-13-17(2)15-18(14-16)26-12-11-22-7-9-23(10-8-22)27(24,25)20-6-4-3-5-19(20)21/h3-6,13-15H,7-12H2,1-2H3/p+1. The van der Waals surface area contributed by atoms with E-state index in [9.17, 15) is 12.8 Å². The van der Waals surface area contributed by atoms with E-state index >= 15 is 0 Å². The number of nitrogens with zero attached hydrogens (tertiary/aromatic N) is 1. The molecule has 0 atom stereocenters. The minimum atomic E-state index is -3.78. The zero-order valence-electron chi connectivity index (χ0n) is 15.7. The SMILES string of the molecule is Cc1cc(C)cc(OCC[NH+]2CCN(S(=O)(=O)c3ccccc3F)CC2)c1. The summed E-state index contributed by atoms with van der Waals surface area (Å²) in [6.45, 7) is 7.61. The fraction of sp³-hybridized carbons (Fsp3) is 0.400. The van der Waals surface area contributed by atoms with Crippen molar-refractivity contribution in [1.82, 2.24) is 4.31 Å². The number of benzene rings is 2. The molecule has 1 heterocycles. The van der Waals surface area contributed by atoms with Crippen molar-refractivity contribution in [2.75, 3.05) is 39.3 Å². The lowest BCUT2D eigenvalue weighted by atomic mass is 10.1. The number of hydrogen-bond acceptors (Lipinski definition) is 3. The maximum Gasteiger partial charge on any atom is 0.246 e. The smallest absolute Gasteiger partial charge is 0.246 e. The van der Waals surface area contributed by atoms with E-state index < -0.39 is 15.8 Å². The van der Waals surface area contributed by atoms with Gasteiger partial charge in [-0.15, -0.1) is 0 Å². The third kappa shape index (κ3) is 4.86. The number of ether oxygens (including phenoxy) is 1. The average molecular weight is 394 g/mol. The van der Waals surface area contributed by atoms with Crippen LogP contribution in [0.2, 0.25) is 0 Å². The topological polar surface area (TPSA) is 51.1 Å². The highest BCUT2D eigenvalue weighted by Crippen LogP contribution is 2.19. The Morgan fingerprint density at radius 1 is 1.07 bits per heavy atom.